The standard InChI is InChI=1S/C39H65NO10/c1-22(11-14-28(41)35(4,5)47)23-15-16-38(8)24-12-13-27-34(2,3)33(46)26(18-37(27,7)25(24)17-29(42)39(23,38)9)50-31(44)20-36(6,48)19-30(43)40-21-32(45)49-10/h22-23,26-29,33,41-42,46-48H,11-21H2,1-10H3,(H,40,43)/t22-,23-,26-,27+,28-,29+,33+,36-,37-,38+,39+/m1/s1. The molecule has 286 valence electrons. The first-order chi connectivity index (χ1) is 22.8. The molecule has 0 aromatic heterocycles. The lowest BCUT2D eigenvalue weighted by atomic mass is 9.42. The number of carbonyl (C=O) groups is 3. The summed E-state index contributed by atoms with van der Waals surface area (Å²) < 4.78 is 10.5. The summed E-state index contributed by atoms with van der Waals surface area (Å²) in [5, 5.41) is 58.0. The first-order valence-electron chi connectivity index (χ1n) is 18.6. The van der Waals surface area contributed by atoms with Crippen molar-refractivity contribution in [2.75, 3.05) is 13.7 Å². The van der Waals surface area contributed by atoms with Crippen LogP contribution in [0.4, 0.5) is 0 Å². The van der Waals surface area contributed by atoms with Gasteiger partial charge in [-0.2, -0.15) is 0 Å². The van der Waals surface area contributed by atoms with Crippen molar-refractivity contribution in [2.24, 2.45) is 39.4 Å². The van der Waals surface area contributed by atoms with Crippen molar-refractivity contribution in [3.8, 4) is 0 Å². The lowest BCUT2D eigenvalue weighted by Crippen LogP contribution is -2.62. The highest BCUT2D eigenvalue weighted by Crippen LogP contribution is 2.72. The van der Waals surface area contributed by atoms with E-state index in [1.54, 1.807) is 13.8 Å². The van der Waals surface area contributed by atoms with Crippen molar-refractivity contribution in [3.05, 3.63) is 11.1 Å². The fourth-order valence-electron chi connectivity index (χ4n) is 11.1. The number of fused-ring (bicyclic) bond motifs is 4. The maximum absolute atomic E-state index is 13.3. The van der Waals surface area contributed by atoms with Gasteiger partial charge in [-0.1, -0.05) is 52.7 Å². The highest BCUT2D eigenvalue weighted by molar-refractivity contribution is 5.83. The Morgan fingerprint density at radius 2 is 1.60 bits per heavy atom. The van der Waals surface area contributed by atoms with Gasteiger partial charge in [-0.15, -0.1) is 0 Å². The topological polar surface area (TPSA) is 183 Å². The number of aliphatic hydroxyl groups excluding tert-OH is 3. The molecule has 4 aliphatic carbocycles. The molecule has 4 rings (SSSR count). The molecule has 0 unspecified atom stereocenters. The molecule has 2 saturated carbocycles. The summed E-state index contributed by atoms with van der Waals surface area (Å²) >= 11 is 0. The molecular formula is C39H65NO10. The molecule has 0 spiro atoms. The van der Waals surface area contributed by atoms with Gasteiger partial charge in [0.1, 0.15) is 12.6 Å². The Bertz CT molecular complexity index is 1330. The smallest absolute Gasteiger partial charge is 0.325 e. The first-order valence-corrected chi connectivity index (χ1v) is 18.6. The van der Waals surface area contributed by atoms with Gasteiger partial charge in [-0.05, 0) is 106 Å². The molecule has 0 bridgehead atoms. The molecule has 1 amide bonds. The number of aliphatic hydroxyl groups is 5. The fourth-order valence-corrected chi connectivity index (χ4v) is 11.1. The zero-order valence-corrected chi connectivity index (χ0v) is 32.1. The van der Waals surface area contributed by atoms with Crippen LogP contribution in [0.5, 0.6) is 0 Å². The van der Waals surface area contributed by atoms with Gasteiger partial charge in [0.25, 0.3) is 0 Å². The minimum absolute atomic E-state index is 0.0833. The third-order valence-electron chi connectivity index (χ3n) is 14.2. The summed E-state index contributed by atoms with van der Waals surface area (Å²) in [5.74, 6) is -1.41. The maximum Gasteiger partial charge on any atom is 0.325 e. The third-order valence-corrected chi connectivity index (χ3v) is 14.2. The van der Waals surface area contributed by atoms with Crippen LogP contribution >= 0.6 is 0 Å². The van der Waals surface area contributed by atoms with E-state index in [0.29, 0.717) is 19.3 Å². The summed E-state index contributed by atoms with van der Waals surface area (Å²) in [6.45, 7) is 17.3. The van der Waals surface area contributed by atoms with Crippen LogP contribution in [0.15, 0.2) is 11.1 Å². The molecule has 0 aromatic carbocycles. The Morgan fingerprint density at radius 3 is 2.20 bits per heavy atom. The SMILES string of the molecule is COC(=O)CNC(=O)C[C@@](C)(O)CC(=O)O[C@@H]1C[C@]2(C)C3=C(CC[C@H]2C(C)(C)[C@H]1O)[C@]1(C)CC[C@H]([C@H](C)CC[C@@H](O)C(C)(C)O)[C@@]1(C)[C@@H](O)C3. The van der Waals surface area contributed by atoms with E-state index in [1.807, 2.05) is 13.8 Å². The van der Waals surface area contributed by atoms with Crippen molar-refractivity contribution in [1.29, 1.82) is 0 Å². The van der Waals surface area contributed by atoms with Crippen molar-refractivity contribution >= 4 is 17.8 Å². The van der Waals surface area contributed by atoms with E-state index in [4.69, 9.17) is 4.74 Å². The number of hydrogen-bond acceptors (Lipinski definition) is 10. The number of amides is 1. The molecule has 4 aliphatic rings. The molecule has 11 atom stereocenters. The Kier molecular flexibility index (Phi) is 11.5. The Hall–Kier alpha value is -2.05. The first kappa shape index (κ1) is 40.7. The number of hydrogen-bond donors (Lipinski definition) is 6. The van der Waals surface area contributed by atoms with Gasteiger partial charge in [-0.25, -0.2) is 0 Å². The second-order valence-corrected chi connectivity index (χ2v) is 18.4. The van der Waals surface area contributed by atoms with Crippen LogP contribution < -0.4 is 5.32 Å². The van der Waals surface area contributed by atoms with Crippen LogP contribution in [0.25, 0.3) is 0 Å². The lowest BCUT2D eigenvalue weighted by Gasteiger charge is -2.64. The quantitative estimate of drug-likeness (QED) is 0.128. The van der Waals surface area contributed by atoms with Crippen molar-refractivity contribution < 1.29 is 49.4 Å². The number of esters is 2. The normalized spacial score (nSPS) is 37.4. The predicted octanol–water partition coefficient (Wildman–Crippen LogP) is 3.96. The maximum atomic E-state index is 13.3. The minimum atomic E-state index is -1.74. The van der Waals surface area contributed by atoms with Gasteiger partial charge in [0.15, 0.2) is 0 Å². The van der Waals surface area contributed by atoms with E-state index < -0.39 is 77.1 Å². The molecule has 50 heavy (non-hydrogen) atoms. The molecule has 11 nitrogen and oxygen atoms in total. The Balaban J connectivity index is 1.56. The lowest BCUT2D eigenvalue weighted by molar-refractivity contribution is -0.193. The molecule has 0 saturated heterocycles. The van der Waals surface area contributed by atoms with Gasteiger partial charge >= 0.3 is 11.9 Å². The van der Waals surface area contributed by atoms with E-state index in [-0.39, 0.29) is 35.1 Å². The second kappa shape index (κ2) is 14.1. The van der Waals surface area contributed by atoms with E-state index in [2.05, 4.69) is 37.7 Å². The zero-order valence-electron chi connectivity index (χ0n) is 32.1. The third kappa shape index (κ3) is 7.28. The summed E-state index contributed by atoms with van der Waals surface area (Å²) in [6, 6.07) is 0. The molecule has 6 N–H and O–H groups in total. The van der Waals surface area contributed by atoms with Crippen LogP contribution in [0.2, 0.25) is 0 Å². The van der Waals surface area contributed by atoms with Crippen LogP contribution in [0.1, 0.15) is 127 Å². The highest BCUT2D eigenvalue weighted by atomic mass is 16.6. The molecule has 0 aromatic rings. The van der Waals surface area contributed by atoms with Crippen molar-refractivity contribution in [3.63, 3.8) is 0 Å². The van der Waals surface area contributed by atoms with Gasteiger partial charge in [0.2, 0.25) is 5.91 Å². The highest BCUT2D eigenvalue weighted by Gasteiger charge is 2.67. The minimum Gasteiger partial charge on any atom is -0.468 e. The summed E-state index contributed by atoms with van der Waals surface area (Å²) in [5.41, 5.74) is -1.98. The Labute approximate surface area is 298 Å². The van der Waals surface area contributed by atoms with Gasteiger partial charge < -0.3 is 40.3 Å². The predicted molar refractivity (Wildman–Crippen MR) is 187 cm³/mol. The second-order valence-electron chi connectivity index (χ2n) is 18.4. The van der Waals surface area contributed by atoms with Crippen LogP contribution in [-0.2, 0) is 23.9 Å². The van der Waals surface area contributed by atoms with Gasteiger partial charge in [-0.3, -0.25) is 14.4 Å². The average Bonchev–Trinajstić information content (AvgIpc) is 3.29. The molecule has 2 fully saturated rings. The van der Waals surface area contributed by atoms with Crippen LogP contribution in [-0.4, -0.2) is 92.7 Å². The van der Waals surface area contributed by atoms with E-state index in [0.717, 1.165) is 32.1 Å². The number of methoxy groups -OCH3 is 1. The largest absolute Gasteiger partial charge is 0.468 e. The van der Waals surface area contributed by atoms with Crippen molar-refractivity contribution in [2.45, 2.75) is 162 Å². The number of carbonyl (C=O) groups excluding carboxylic acids is 3. The van der Waals surface area contributed by atoms with E-state index in [9.17, 15) is 39.9 Å². The monoisotopic (exact) mass is 707 g/mol. The van der Waals surface area contributed by atoms with Crippen LogP contribution in [0, 0.1) is 39.4 Å². The number of nitrogens with one attached hydrogen (secondary N) is 1. The molecule has 0 heterocycles. The molecule has 0 radical (unpaired) electrons. The molecular weight excluding hydrogens is 642 g/mol. The number of ether oxygens (including phenoxy) is 2. The summed E-state index contributed by atoms with van der Waals surface area (Å²) in [6.07, 6.45) is 1.66. The molecule has 0 aliphatic heterocycles. The number of allylic oxidation sites excluding steroid dienone is 1. The van der Waals surface area contributed by atoms with E-state index in [1.165, 1.54) is 25.2 Å². The summed E-state index contributed by atoms with van der Waals surface area (Å²) in [4.78, 5) is 37.0. The summed E-state index contributed by atoms with van der Waals surface area (Å²) in [7, 11) is 1.20. The van der Waals surface area contributed by atoms with Crippen molar-refractivity contribution in [1.82, 2.24) is 5.32 Å². The van der Waals surface area contributed by atoms with Gasteiger partial charge in [0, 0.05) is 5.41 Å². The number of rotatable bonds is 12. The van der Waals surface area contributed by atoms with Crippen LogP contribution in [0.3, 0.4) is 0 Å². The molecule has 11 heteroatoms. The van der Waals surface area contributed by atoms with E-state index >= 15 is 0 Å². The Morgan fingerprint density at radius 1 is 0.960 bits per heavy atom. The zero-order chi connectivity index (χ0) is 37.8. The fraction of sp³-hybridized carbons (Fsp3) is 0.872. The average molecular weight is 708 g/mol. The van der Waals surface area contributed by atoms with Gasteiger partial charge in [0.05, 0.1) is 49.5 Å².